The van der Waals surface area contributed by atoms with Gasteiger partial charge in [-0.2, -0.15) is 0 Å². The summed E-state index contributed by atoms with van der Waals surface area (Å²) in [6.07, 6.45) is 1.46. The highest BCUT2D eigenvalue weighted by Crippen LogP contribution is 2.10. The van der Waals surface area contributed by atoms with Crippen molar-refractivity contribution in [3.05, 3.63) is 77.4 Å². The van der Waals surface area contributed by atoms with Gasteiger partial charge in [0.15, 0.2) is 0 Å². The lowest BCUT2D eigenvalue weighted by Gasteiger charge is -2.03. The maximum absolute atomic E-state index is 13.6. The predicted molar refractivity (Wildman–Crippen MR) is 84.7 cm³/mol. The van der Waals surface area contributed by atoms with Gasteiger partial charge < -0.3 is 0 Å². The Labute approximate surface area is 132 Å². The van der Waals surface area contributed by atoms with E-state index in [4.69, 9.17) is 0 Å². The fourth-order valence-electron chi connectivity index (χ4n) is 2.19. The van der Waals surface area contributed by atoms with Crippen molar-refractivity contribution >= 4 is 11.9 Å². The van der Waals surface area contributed by atoms with Crippen LogP contribution in [0.1, 0.15) is 21.5 Å². The molecular weight excluding hydrogens is 295 g/mol. The molecular formula is C17H15FN4O. The molecule has 3 rings (SSSR count). The van der Waals surface area contributed by atoms with E-state index in [2.05, 4.69) is 15.4 Å². The van der Waals surface area contributed by atoms with Gasteiger partial charge in [0.25, 0.3) is 5.91 Å². The molecule has 23 heavy (non-hydrogen) atoms. The summed E-state index contributed by atoms with van der Waals surface area (Å²) in [5, 5.41) is 6.77. The van der Waals surface area contributed by atoms with Crippen LogP contribution in [0.5, 0.6) is 0 Å². The Kier molecular flexibility index (Phi) is 4.14. The number of nitrogens with zero attached hydrogens (tertiary/aromatic N) is 3. The molecule has 1 amide bonds. The Balaban J connectivity index is 1.70. The molecule has 5 nitrogen and oxygen atoms in total. The molecule has 3 aromatic rings. The molecule has 0 bridgehead atoms. The summed E-state index contributed by atoms with van der Waals surface area (Å²) in [4.78, 5) is 16.2. The number of hydrogen-bond donors (Lipinski definition) is 1. The van der Waals surface area contributed by atoms with Gasteiger partial charge >= 0.3 is 0 Å². The molecule has 0 fully saturated rings. The Morgan fingerprint density at radius 3 is 2.83 bits per heavy atom. The monoisotopic (exact) mass is 310 g/mol. The zero-order valence-corrected chi connectivity index (χ0v) is 12.5. The molecule has 0 spiro atoms. The van der Waals surface area contributed by atoms with Gasteiger partial charge in [0.05, 0.1) is 6.54 Å². The third-order valence-corrected chi connectivity index (χ3v) is 3.33. The molecule has 116 valence electrons. The first-order chi connectivity index (χ1) is 11.1. The van der Waals surface area contributed by atoms with Crippen molar-refractivity contribution in [1.82, 2.24) is 14.8 Å². The second kappa shape index (κ2) is 6.39. The maximum Gasteiger partial charge on any atom is 0.258 e. The van der Waals surface area contributed by atoms with E-state index in [9.17, 15) is 9.18 Å². The van der Waals surface area contributed by atoms with E-state index in [1.54, 1.807) is 30.3 Å². The van der Waals surface area contributed by atoms with Gasteiger partial charge in [0.2, 0.25) is 5.95 Å². The molecule has 0 radical (unpaired) electrons. The second-order valence-electron chi connectivity index (χ2n) is 5.18. The van der Waals surface area contributed by atoms with Crippen LogP contribution in [0.3, 0.4) is 0 Å². The lowest BCUT2D eigenvalue weighted by atomic mass is 10.1. The van der Waals surface area contributed by atoms with E-state index >= 15 is 0 Å². The predicted octanol–water partition coefficient (Wildman–Crippen LogP) is 3.03. The lowest BCUT2D eigenvalue weighted by Crippen LogP contribution is -2.13. The van der Waals surface area contributed by atoms with Gasteiger partial charge in [0.1, 0.15) is 12.1 Å². The van der Waals surface area contributed by atoms with Crippen LogP contribution in [0.25, 0.3) is 0 Å². The standard InChI is InChI=1S/C17H15FN4O/c1-12-5-4-7-13(9-12)16(23)20-17-19-11-22(21-17)10-14-6-2-3-8-15(14)18/h2-9,11H,10H2,1H3,(H,20,21,23). The average Bonchev–Trinajstić information content (AvgIpc) is 2.97. The van der Waals surface area contributed by atoms with E-state index in [1.807, 2.05) is 19.1 Å². The first kappa shape index (κ1) is 14.9. The highest BCUT2D eigenvalue weighted by Gasteiger charge is 2.10. The molecule has 0 aliphatic rings. The second-order valence-corrected chi connectivity index (χ2v) is 5.18. The minimum atomic E-state index is -0.298. The molecule has 2 aromatic carbocycles. The Morgan fingerprint density at radius 1 is 1.22 bits per heavy atom. The van der Waals surface area contributed by atoms with E-state index in [-0.39, 0.29) is 24.2 Å². The lowest BCUT2D eigenvalue weighted by molar-refractivity contribution is 0.102. The smallest absolute Gasteiger partial charge is 0.258 e. The molecule has 6 heteroatoms. The van der Waals surface area contributed by atoms with Gasteiger partial charge in [0, 0.05) is 11.1 Å². The number of carbonyl (C=O) groups excluding carboxylic acids is 1. The van der Waals surface area contributed by atoms with Crippen LogP contribution in [0.15, 0.2) is 54.9 Å². The SMILES string of the molecule is Cc1cccc(C(=O)Nc2ncn(Cc3ccccc3F)n2)c1. The molecule has 0 saturated heterocycles. The van der Waals surface area contributed by atoms with Crippen molar-refractivity contribution < 1.29 is 9.18 Å². The summed E-state index contributed by atoms with van der Waals surface area (Å²) in [6.45, 7) is 2.16. The molecule has 1 N–H and O–H groups in total. The molecule has 0 aliphatic heterocycles. The van der Waals surface area contributed by atoms with Crippen molar-refractivity contribution in [3.8, 4) is 0 Å². The van der Waals surface area contributed by atoms with Gasteiger partial charge in [-0.1, -0.05) is 35.9 Å². The third kappa shape index (κ3) is 3.60. The Morgan fingerprint density at radius 2 is 2.04 bits per heavy atom. The van der Waals surface area contributed by atoms with E-state index < -0.39 is 0 Å². The first-order valence-corrected chi connectivity index (χ1v) is 7.13. The summed E-state index contributed by atoms with van der Waals surface area (Å²) in [5.74, 6) is -0.390. The van der Waals surface area contributed by atoms with Gasteiger partial charge in [-0.3, -0.25) is 10.1 Å². The van der Waals surface area contributed by atoms with Crippen LogP contribution in [-0.4, -0.2) is 20.7 Å². The maximum atomic E-state index is 13.6. The van der Waals surface area contributed by atoms with Crippen molar-refractivity contribution in [2.45, 2.75) is 13.5 Å². The number of hydrogen-bond acceptors (Lipinski definition) is 3. The number of aryl methyl sites for hydroxylation is 1. The van der Waals surface area contributed by atoms with Crippen molar-refractivity contribution in [3.63, 3.8) is 0 Å². The highest BCUT2D eigenvalue weighted by atomic mass is 19.1. The fraction of sp³-hybridized carbons (Fsp3) is 0.118. The summed E-state index contributed by atoms with van der Waals surface area (Å²) in [5.41, 5.74) is 2.04. The van der Waals surface area contributed by atoms with Gasteiger partial charge in [-0.25, -0.2) is 14.1 Å². The number of benzene rings is 2. The van der Waals surface area contributed by atoms with Gasteiger partial charge in [-0.05, 0) is 25.1 Å². The van der Waals surface area contributed by atoms with Crippen molar-refractivity contribution in [1.29, 1.82) is 0 Å². The number of carbonyl (C=O) groups is 1. The van der Waals surface area contributed by atoms with E-state index in [0.29, 0.717) is 11.1 Å². The number of rotatable bonds is 4. The van der Waals surface area contributed by atoms with Crippen LogP contribution in [0.4, 0.5) is 10.3 Å². The molecule has 0 atom stereocenters. The summed E-state index contributed by atoms with van der Waals surface area (Å²) in [6, 6.07) is 13.7. The van der Waals surface area contributed by atoms with E-state index in [1.165, 1.54) is 17.1 Å². The minimum absolute atomic E-state index is 0.188. The normalized spacial score (nSPS) is 10.5. The largest absolute Gasteiger partial charge is 0.289 e. The van der Waals surface area contributed by atoms with Crippen LogP contribution in [0.2, 0.25) is 0 Å². The molecule has 0 saturated carbocycles. The molecule has 1 heterocycles. The van der Waals surface area contributed by atoms with Gasteiger partial charge in [-0.15, -0.1) is 5.10 Å². The first-order valence-electron chi connectivity index (χ1n) is 7.13. The molecule has 0 unspecified atom stereocenters. The fourth-order valence-corrected chi connectivity index (χ4v) is 2.19. The topological polar surface area (TPSA) is 59.8 Å². The zero-order valence-electron chi connectivity index (χ0n) is 12.5. The number of halogens is 1. The average molecular weight is 310 g/mol. The quantitative estimate of drug-likeness (QED) is 0.806. The Hall–Kier alpha value is -3.02. The molecule has 0 aliphatic carbocycles. The number of nitrogens with one attached hydrogen (secondary N) is 1. The Bertz CT molecular complexity index is 844. The van der Waals surface area contributed by atoms with Crippen molar-refractivity contribution in [2.24, 2.45) is 0 Å². The van der Waals surface area contributed by atoms with Crippen LogP contribution >= 0.6 is 0 Å². The number of anilines is 1. The van der Waals surface area contributed by atoms with Crippen molar-refractivity contribution in [2.75, 3.05) is 5.32 Å². The third-order valence-electron chi connectivity index (χ3n) is 3.33. The van der Waals surface area contributed by atoms with E-state index in [0.717, 1.165) is 5.56 Å². The van der Waals surface area contributed by atoms with Crippen LogP contribution < -0.4 is 5.32 Å². The summed E-state index contributed by atoms with van der Waals surface area (Å²) in [7, 11) is 0. The highest BCUT2D eigenvalue weighted by molar-refractivity contribution is 6.03. The van der Waals surface area contributed by atoms with Crippen LogP contribution in [0, 0.1) is 12.7 Å². The number of aromatic nitrogens is 3. The summed E-state index contributed by atoms with van der Waals surface area (Å²) >= 11 is 0. The van der Waals surface area contributed by atoms with Crippen LogP contribution in [-0.2, 0) is 6.54 Å². The molecule has 1 aromatic heterocycles. The zero-order chi connectivity index (χ0) is 16.2. The number of amides is 1. The minimum Gasteiger partial charge on any atom is -0.289 e. The summed E-state index contributed by atoms with van der Waals surface area (Å²) < 4.78 is 15.1.